The fourth-order valence-corrected chi connectivity index (χ4v) is 1.72. The van der Waals surface area contributed by atoms with Gasteiger partial charge in [0.25, 0.3) is 0 Å². The Hall–Kier alpha value is -2.31. The van der Waals surface area contributed by atoms with Crippen LogP contribution in [0, 0.1) is 12.7 Å². The van der Waals surface area contributed by atoms with E-state index in [1.165, 1.54) is 12.1 Å². The van der Waals surface area contributed by atoms with Crippen molar-refractivity contribution in [3.8, 4) is 0 Å². The van der Waals surface area contributed by atoms with Gasteiger partial charge in [-0.2, -0.15) is 13.2 Å². The minimum absolute atomic E-state index is 0.242. The van der Waals surface area contributed by atoms with Crippen molar-refractivity contribution < 1.29 is 17.6 Å². The van der Waals surface area contributed by atoms with E-state index in [2.05, 4.69) is 10.3 Å². The molecule has 1 aromatic heterocycles. The molecule has 0 saturated heterocycles. The van der Waals surface area contributed by atoms with Gasteiger partial charge in [-0.3, -0.25) is 0 Å². The van der Waals surface area contributed by atoms with Crippen LogP contribution in [-0.2, 0) is 6.18 Å². The molecule has 3 N–H and O–H groups in total. The second kappa shape index (κ2) is 4.99. The number of nitrogens with one attached hydrogen (secondary N) is 1. The van der Waals surface area contributed by atoms with Gasteiger partial charge in [-0.05, 0) is 37.3 Å². The maximum absolute atomic E-state index is 13.0. The van der Waals surface area contributed by atoms with E-state index in [0.717, 1.165) is 12.1 Å². The number of alkyl halides is 3. The minimum Gasteiger partial charge on any atom is -0.384 e. The monoisotopic (exact) mass is 285 g/mol. The Morgan fingerprint density at radius 2 is 1.75 bits per heavy atom. The standard InChI is InChI=1S/C13H11F4N3/c1-7-10(4-5-12(18)19-7)20-11-3-2-8(14)6-9(11)13(15,16)17/h2-6,20H,1H3,(H2,18,19). The summed E-state index contributed by atoms with van der Waals surface area (Å²) in [6.45, 7) is 1.61. The summed E-state index contributed by atoms with van der Waals surface area (Å²) >= 11 is 0. The van der Waals surface area contributed by atoms with Crippen LogP contribution in [0.3, 0.4) is 0 Å². The van der Waals surface area contributed by atoms with E-state index in [-0.39, 0.29) is 11.5 Å². The third-order valence-electron chi connectivity index (χ3n) is 2.66. The van der Waals surface area contributed by atoms with Crippen molar-refractivity contribution in [2.24, 2.45) is 0 Å². The van der Waals surface area contributed by atoms with Crippen molar-refractivity contribution in [2.75, 3.05) is 11.1 Å². The summed E-state index contributed by atoms with van der Waals surface area (Å²) in [7, 11) is 0. The predicted molar refractivity (Wildman–Crippen MR) is 68.1 cm³/mol. The van der Waals surface area contributed by atoms with Crippen LogP contribution in [-0.4, -0.2) is 4.98 Å². The molecular formula is C13H11F4N3. The first-order valence-electron chi connectivity index (χ1n) is 5.64. The van der Waals surface area contributed by atoms with Crippen LogP contribution in [0.4, 0.5) is 34.8 Å². The second-order valence-electron chi connectivity index (χ2n) is 4.18. The maximum atomic E-state index is 13.0. The van der Waals surface area contributed by atoms with Gasteiger partial charge < -0.3 is 11.1 Å². The zero-order chi connectivity index (χ0) is 14.9. The molecule has 1 heterocycles. The lowest BCUT2D eigenvalue weighted by Gasteiger charge is -2.15. The van der Waals surface area contributed by atoms with E-state index in [0.29, 0.717) is 17.4 Å². The molecule has 3 nitrogen and oxygen atoms in total. The number of aromatic nitrogens is 1. The van der Waals surface area contributed by atoms with Gasteiger partial charge >= 0.3 is 6.18 Å². The smallest absolute Gasteiger partial charge is 0.384 e. The number of hydrogen-bond acceptors (Lipinski definition) is 3. The molecule has 7 heteroatoms. The number of anilines is 3. The number of benzene rings is 1. The number of halogens is 4. The van der Waals surface area contributed by atoms with E-state index in [4.69, 9.17) is 5.73 Å². The van der Waals surface area contributed by atoms with Gasteiger partial charge in [0, 0.05) is 0 Å². The Balaban J connectivity index is 2.43. The van der Waals surface area contributed by atoms with Crippen molar-refractivity contribution in [1.82, 2.24) is 4.98 Å². The van der Waals surface area contributed by atoms with E-state index in [9.17, 15) is 17.6 Å². The zero-order valence-electron chi connectivity index (χ0n) is 10.4. The molecular weight excluding hydrogens is 274 g/mol. The molecule has 0 radical (unpaired) electrons. The average molecular weight is 285 g/mol. The predicted octanol–water partition coefficient (Wildman–Crippen LogP) is 3.87. The van der Waals surface area contributed by atoms with E-state index >= 15 is 0 Å². The molecule has 2 rings (SSSR count). The molecule has 0 unspecified atom stereocenters. The third-order valence-corrected chi connectivity index (χ3v) is 2.66. The van der Waals surface area contributed by atoms with E-state index in [1.54, 1.807) is 6.92 Å². The van der Waals surface area contributed by atoms with Crippen molar-refractivity contribution >= 4 is 17.2 Å². The van der Waals surface area contributed by atoms with Crippen molar-refractivity contribution in [1.29, 1.82) is 0 Å². The lowest BCUT2D eigenvalue weighted by Crippen LogP contribution is -2.10. The largest absolute Gasteiger partial charge is 0.418 e. The van der Waals surface area contributed by atoms with Crippen LogP contribution < -0.4 is 11.1 Å². The fourth-order valence-electron chi connectivity index (χ4n) is 1.72. The first kappa shape index (κ1) is 14.1. The quantitative estimate of drug-likeness (QED) is 0.823. The van der Waals surface area contributed by atoms with Crippen LogP contribution in [0.15, 0.2) is 30.3 Å². The number of hydrogen-bond donors (Lipinski definition) is 2. The molecule has 0 amide bonds. The van der Waals surface area contributed by atoms with Gasteiger partial charge in [0.05, 0.1) is 22.6 Å². The second-order valence-corrected chi connectivity index (χ2v) is 4.18. The van der Waals surface area contributed by atoms with Gasteiger partial charge in [0.2, 0.25) is 0 Å². The number of aryl methyl sites for hydroxylation is 1. The SMILES string of the molecule is Cc1nc(N)ccc1Nc1ccc(F)cc1C(F)(F)F. The van der Waals surface area contributed by atoms with Gasteiger partial charge in [-0.1, -0.05) is 0 Å². The first-order chi connectivity index (χ1) is 9.27. The van der Waals surface area contributed by atoms with Crippen molar-refractivity contribution in [2.45, 2.75) is 13.1 Å². The van der Waals surface area contributed by atoms with Crippen LogP contribution >= 0.6 is 0 Å². The summed E-state index contributed by atoms with van der Waals surface area (Å²) in [5, 5.41) is 2.60. The molecule has 0 aliphatic rings. The summed E-state index contributed by atoms with van der Waals surface area (Å²) in [6.07, 6.45) is -4.65. The summed E-state index contributed by atoms with van der Waals surface area (Å²) in [5.41, 5.74) is 4.97. The molecule has 0 fully saturated rings. The van der Waals surface area contributed by atoms with Gasteiger partial charge in [-0.25, -0.2) is 9.37 Å². The van der Waals surface area contributed by atoms with Crippen LogP contribution in [0.5, 0.6) is 0 Å². The topological polar surface area (TPSA) is 50.9 Å². The highest BCUT2D eigenvalue weighted by atomic mass is 19.4. The number of nitrogens with zero attached hydrogens (tertiary/aromatic N) is 1. The van der Waals surface area contributed by atoms with E-state index < -0.39 is 17.6 Å². The fraction of sp³-hybridized carbons (Fsp3) is 0.154. The Labute approximate surface area is 112 Å². The molecule has 0 atom stereocenters. The highest BCUT2D eigenvalue weighted by Crippen LogP contribution is 2.36. The Kier molecular flexibility index (Phi) is 3.52. The number of nitrogens with two attached hydrogens (primary N) is 1. The highest BCUT2D eigenvalue weighted by molar-refractivity contribution is 5.66. The minimum atomic E-state index is -4.65. The third kappa shape index (κ3) is 2.98. The Morgan fingerprint density at radius 3 is 2.35 bits per heavy atom. The molecule has 20 heavy (non-hydrogen) atoms. The molecule has 0 spiro atoms. The van der Waals surface area contributed by atoms with Gasteiger partial charge in [0.15, 0.2) is 0 Å². The normalized spacial score (nSPS) is 11.4. The molecule has 106 valence electrons. The van der Waals surface area contributed by atoms with Crippen molar-refractivity contribution in [3.05, 3.63) is 47.4 Å². The molecule has 0 bridgehead atoms. The zero-order valence-corrected chi connectivity index (χ0v) is 10.4. The van der Waals surface area contributed by atoms with Gasteiger partial charge in [-0.15, -0.1) is 0 Å². The Bertz CT molecular complexity index is 638. The maximum Gasteiger partial charge on any atom is 0.418 e. The Morgan fingerprint density at radius 1 is 1.10 bits per heavy atom. The summed E-state index contributed by atoms with van der Waals surface area (Å²) < 4.78 is 51.6. The van der Waals surface area contributed by atoms with Gasteiger partial charge in [0.1, 0.15) is 11.6 Å². The molecule has 2 aromatic rings. The number of rotatable bonds is 2. The molecule has 0 aliphatic carbocycles. The van der Waals surface area contributed by atoms with Crippen LogP contribution in [0.25, 0.3) is 0 Å². The highest BCUT2D eigenvalue weighted by Gasteiger charge is 2.34. The summed E-state index contributed by atoms with van der Waals surface area (Å²) in [5.74, 6) is -0.682. The van der Waals surface area contributed by atoms with Crippen LogP contribution in [0.2, 0.25) is 0 Å². The summed E-state index contributed by atoms with van der Waals surface area (Å²) in [4.78, 5) is 3.94. The average Bonchev–Trinajstić information content (AvgIpc) is 2.33. The first-order valence-corrected chi connectivity index (χ1v) is 5.64. The van der Waals surface area contributed by atoms with Crippen LogP contribution in [0.1, 0.15) is 11.3 Å². The summed E-state index contributed by atoms with van der Waals surface area (Å²) in [6, 6.07) is 5.42. The number of nitrogen functional groups attached to an aromatic ring is 1. The molecule has 0 aliphatic heterocycles. The number of pyridine rings is 1. The lowest BCUT2D eigenvalue weighted by atomic mass is 10.1. The molecule has 0 saturated carbocycles. The molecule has 1 aromatic carbocycles. The lowest BCUT2D eigenvalue weighted by molar-refractivity contribution is -0.137. The van der Waals surface area contributed by atoms with Crippen molar-refractivity contribution in [3.63, 3.8) is 0 Å². The van der Waals surface area contributed by atoms with E-state index in [1.807, 2.05) is 0 Å².